The zero-order valence-corrected chi connectivity index (χ0v) is 10.5. The van der Waals surface area contributed by atoms with Crippen LogP contribution in [0, 0.1) is 0 Å². The van der Waals surface area contributed by atoms with Gasteiger partial charge in [0, 0.05) is 12.4 Å². The van der Waals surface area contributed by atoms with E-state index < -0.39 is 0 Å². The number of aromatic nitrogens is 2. The van der Waals surface area contributed by atoms with Gasteiger partial charge in [-0.3, -0.25) is 0 Å². The Balaban J connectivity index is 1.99. The number of rotatable bonds is 1. The molecule has 0 unspecified atom stereocenters. The Hall–Kier alpha value is -2.88. The van der Waals surface area contributed by atoms with Crippen molar-refractivity contribution in [2.75, 3.05) is 0 Å². The number of hydrogen-bond donors (Lipinski definition) is 0. The Kier molecular flexibility index (Phi) is 2.23. The van der Waals surface area contributed by atoms with Gasteiger partial charge in [-0.15, -0.1) is 0 Å². The quantitative estimate of drug-likeness (QED) is 0.529. The second-order valence-corrected chi connectivity index (χ2v) is 4.58. The van der Waals surface area contributed by atoms with Crippen molar-refractivity contribution in [1.29, 1.82) is 0 Å². The minimum atomic E-state index is -0.338. The molecule has 0 aliphatic carbocycles. The summed E-state index contributed by atoms with van der Waals surface area (Å²) in [5.41, 5.74) is 1.13. The first-order chi connectivity index (χ1) is 9.81. The van der Waals surface area contributed by atoms with Crippen molar-refractivity contribution in [2.24, 2.45) is 0 Å². The molecular weight excluding hydrogens is 252 g/mol. The average Bonchev–Trinajstić information content (AvgIpc) is 2.91. The van der Waals surface area contributed by atoms with Crippen LogP contribution in [0.3, 0.4) is 0 Å². The lowest BCUT2D eigenvalue weighted by Gasteiger charge is -1.98. The summed E-state index contributed by atoms with van der Waals surface area (Å²) in [6.45, 7) is 0. The standard InChI is InChI=1S/C16H10N2O2/c19-16-12-6-2-1-5-11(12)9-14(20-16)13-10-18-8-4-3-7-15(18)17-13/h1-10H. The zero-order valence-electron chi connectivity index (χ0n) is 10.5. The molecule has 0 radical (unpaired) electrons. The molecule has 4 rings (SSSR count). The number of imidazole rings is 1. The third-order valence-electron chi connectivity index (χ3n) is 3.29. The largest absolute Gasteiger partial charge is 0.421 e. The Labute approximate surface area is 113 Å². The molecule has 4 aromatic rings. The van der Waals surface area contributed by atoms with Crippen LogP contribution >= 0.6 is 0 Å². The van der Waals surface area contributed by atoms with Crippen molar-refractivity contribution in [3.63, 3.8) is 0 Å². The van der Waals surface area contributed by atoms with E-state index in [0.717, 1.165) is 11.0 Å². The highest BCUT2D eigenvalue weighted by molar-refractivity contribution is 5.83. The third-order valence-corrected chi connectivity index (χ3v) is 3.29. The fourth-order valence-corrected chi connectivity index (χ4v) is 2.31. The van der Waals surface area contributed by atoms with Crippen LogP contribution in [0.15, 0.2) is 70.1 Å². The van der Waals surface area contributed by atoms with Crippen molar-refractivity contribution in [2.45, 2.75) is 0 Å². The fraction of sp³-hybridized carbons (Fsp3) is 0. The van der Waals surface area contributed by atoms with Crippen LogP contribution in [-0.2, 0) is 0 Å². The molecule has 0 saturated carbocycles. The van der Waals surface area contributed by atoms with Gasteiger partial charge in [-0.25, -0.2) is 9.78 Å². The number of fused-ring (bicyclic) bond motifs is 2. The van der Waals surface area contributed by atoms with Crippen LogP contribution in [0.1, 0.15) is 0 Å². The summed E-state index contributed by atoms with van der Waals surface area (Å²) in [5, 5.41) is 1.44. The summed E-state index contributed by atoms with van der Waals surface area (Å²) in [5.74, 6) is 0.484. The first-order valence-corrected chi connectivity index (χ1v) is 6.28. The van der Waals surface area contributed by atoms with Gasteiger partial charge in [0.2, 0.25) is 0 Å². The molecule has 4 nitrogen and oxygen atoms in total. The zero-order chi connectivity index (χ0) is 13.5. The molecule has 1 aromatic carbocycles. The van der Waals surface area contributed by atoms with Gasteiger partial charge < -0.3 is 8.82 Å². The minimum Gasteiger partial charge on any atom is -0.421 e. The van der Waals surface area contributed by atoms with Crippen molar-refractivity contribution in [3.8, 4) is 11.5 Å². The predicted molar refractivity (Wildman–Crippen MR) is 76.7 cm³/mol. The summed E-state index contributed by atoms with van der Waals surface area (Å²) < 4.78 is 7.27. The number of hydrogen-bond acceptors (Lipinski definition) is 3. The van der Waals surface area contributed by atoms with Gasteiger partial charge in [-0.2, -0.15) is 0 Å². The Morgan fingerprint density at radius 1 is 1.05 bits per heavy atom. The lowest BCUT2D eigenvalue weighted by atomic mass is 10.1. The minimum absolute atomic E-state index is 0.338. The molecule has 3 heterocycles. The monoisotopic (exact) mass is 262 g/mol. The van der Waals surface area contributed by atoms with E-state index in [9.17, 15) is 4.79 Å². The molecule has 0 spiro atoms. The van der Waals surface area contributed by atoms with E-state index in [4.69, 9.17) is 4.42 Å². The number of benzene rings is 1. The second kappa shape index (κ2) is 4.06. The summed E-state index contributed by atoms with van der Waals surface area (Å²) in [6, 6.07) is 15.0. The molecular formula is C16H10N2O2. The molecule has 0 fully saturated rings. The van der Waals surface area contributed by atoms with Crippen LogP contribution in [0.4, 0.5) is 0 Å². The van der Waals surface area contributed by atoms with Crippen molar-refractivity contribution >= 4 is 16.4 Å². The van der Waals surface area contributed by atoms with E-state index in [0.29, 0.717) is 16.8 Å². The van der Waals surface area contributed by atoms with Crippen molar-refractivity contribution < 1.29 is 4.42 Å². The van der Waals surface area contributed by atoms with Crippen LogP contribution in [0.2, 0.25) is 0 Å². The normalized spacial score (nSPS) is 11.2. The lowest BCUT2D eigenvalue weighted by molar-refractivity contribution is 0.533. The van der Waals surface area contributed by atoms with Crippen LogP contribution in [0.25, 0.3) is 27.9 Å². The summed E-state index contributed by atoms with van der Waals surface area (Å²) >= 11 is 0. The topological polar surface area (TPSA) is 47.5 Å². The van der Waals surface area contributed by atoms with Gasteiger partial charge in [-0.05, 0) is 29.7 Å². The summed E-state index contributed by atoms with van der Waals surface area (Å²) in [4.78, 5) is 16.4. The van der Waals surface area contributed by atoms with E-state index in [1.54, 1.807) is 6.07 Å². The lowest BCUT2D eigenvalue weighted by Crippen LogP contribution is -1.99. The van der Waals surface area contributed by atoms with Crippen molar-refractivity contribution in [3.05, 3.63) is 71.3 Å². The molecule has 4 heteroatoms. The molecule has 0 atom stereocenters. The van der Waals surface area contributed by atoms with Crippen LogP contribution < -0.4 is 5.63 Å². The van der Waals surface area contributed by atoms with E-state index in [2.05, 4.69) is 4.98 Å². The van der Waals surface area contributed by atoms with E-state index in [-0.39, 0.29) is 5.63 Å². The van der Waals surface area contributed by atoms with Crippen molar-refractivity contribution in [1.82, 2.24) is 9.38 Å². The average molecular weight is 262 g/mol. The van der Waals surface area contributed by atoms with E-state index in [1.807, 2.05) is 59.3 Å². The van der Waals surface area contributed by atoms with Gasteiger partial charge in [0.1, 0.15) is 11.3 Å². The maximum atomic E-state index is 12.0. The maximum Gasteiger partial charge on any atom is 0.344 e. The summed E-state index contributed by atoms with van der Waals surface area (Å²) in [7, 11) is 0. The van der Waals surface area contributed by atoms with E-state index >= 15 is 0 Å². The maximum absolute atomic E-state index is 12.0. The van der Waals surface area contributed by atoms with Gasteiger partial charge in [0.25, 0.3) is 0 Å². The molecule has 3 aromatic heterocycles. The first kappa shape index (κ1) is 11.0. The number of pyridine rings is 1. The fourth-order valence-electron chi connectivity index (χ4n) is 2.31. The molecule has 0 amide bonds. The molecule has 0 saturated heterocycles. The Morgan fingerprint density at radius 2 is 1.90 bits per heavy atom. The molecule has 0 N–H and O–H groups in total. The SMILES string of the molecule is O=c1oc(-c2cn3ccccc3n2)cc2ccccc12. The highest BCUT2D eigenvalue weighted by Crippen LogP contribution is 2.21. The van der Waals surface area contributed by atoms with E-state index in [1.165, 1.54) is 0 Å². The molecule has 0 aliphatic heterocycles. The molecule has 96 valence electrons. The molecule has 20 heavy (non-hydrogen) atoms. The second-order valence-electron chi connectivity index (χ2n) is 4.58. The van der Waals surface area contributed by atoms with Gasteiger partial charge in [0.15, 0.2) is 5.76 Å². The van der Waals surface area contributed by atoms with Gasteiger partial charge in [0.05, 0.1) is 5.39 Å². The first-order valence-electron chi connectivity index (χ1n) is 6.28. The summed E-state index contributed by atoms with van der Waals surface area (Å²) in [6.07, 6.45) is 3.76. The smallest absolute Gasteiger partial charge is 0.344 e. The molecule has 0 aliphatic rings. The highest BCUT2D eigenvalue weighted by atomic mass is 16.4. The highest BCUT2D eigenvalue weighted by Gasteiger charge is 2.09. The predicted octanol–water partition coefficient (Wildman–Crippen LogP) is 3.11. The third kappa shape index (κ3) is 1.62. The Morgan fingerprint density at radius 3 is 2.80 bits per heavy atom. The number of nitrogens with zero attached hydrogens (tertiary/aromatic N) is 2. The van der Waals surface area contributed by atoms with Crippen LogP contribution in [-0.4, -0.2) is 9.38 Å². The van der Waals surface area contributed by atoms with Gasteiger partial charge in [-0.1, -0.05) is 24.3 Å². The van der Waals surface area contributed by atoms with Gasteiger partial charge >= 0.3 is 5.63 Å². The Bertz CT molecular complexity index is 949. The van der Waals surface area contributed by atoms with Crippen LogP contribution in [0.5, 0.6) is 0 Å². The molecule has 0 bridgehead atoms.